The number of carbonyl (C=O) groups excluding carboxylic acids is 6. The Morgan fingerprint density at radius 1 is 0.632 bits per heavy atom. The Bertz CT molecular complexity index is 1850. The molecule has 2 aromatic rings. The quantitative estimate of drug-likeness (QED) is 0.120. The Morgan fingerprint density at radius 2 is 1.05 bits per heavy atom. The highest BCUT2D eigenvalue weighted by Crippen LogP contribution is 2.27. The summed E-state index contributed by atoms with van der Waals surface area (Å²) in [6.45, 7) is 21.4. The van der Waals surface area contributed by atoms with Crippen LogP contribution in [0.1, 0.15) is 115 Å². The van der Waals surface area contributed by atoms with Crippen LogP contribution in [0.4, 0.5) is 29.8 Å². The first-order valence-corrected chi connectivity index (χ1v) is 17.9. The summed E-state index contributed by atoms with van der Waals surface area (Å²) in [6, 6.07) is 8.65. The molecule has 0 atom stereocenters. The van der Waals surface area contributed by atoms with E-state index in [-0.39, 0.29) is 16.4 Å². The van der Waals surface area contributed by atoms with Crippen LogP contribution in [-0.2, 0) is 46.4 Å². The maximum Gasteiger partial charge on any atom is 0.436 e. The summed E-state index contributed by atoms with van der Waals surface area (Å²) < 4.78 is 33.5. The number of hydrogen-bond donors (Lipinski definition) is 0. The van der Waals surface area contributed by atoms with Gasteiger partial charge in [-0.2, -0.15) is 19.8 Å². The van der Waals surface area contributed by atoms with Crippen molar-refractivity contribution in [3.8, 4) is 0 Å². The molecule has 314 valence electrons. The fourth-order valence-corrected chi connectivity index (χ4v) is 4.18. The molecule has 0 N–H and O–H groups in total. The van der Waals surface area contributed by atoms with Gasteiger partial charge in [0, 0.05) is 6.20 Å². The minimum Gasteiger partial charge on any atom is -0.459 e. The monoisotopic (exact) mass is 801 g/mol. The lowest BCUT2D eigenvalue weighted by molar-refractivity contribution is -0.145. The van der Waals surface area contributed by atoms with Gasteiger partial charge >= 0.3 is 42.1 Å². The van der Waals surface area contributed by atoms with E-state index >= 15 is 0 Å². The molecule has 0 saturated heterocycles. The number of carbonyl (C=O) groups is 6. The number of benzene rings is 1. The van der Waals surface area contributed by atoms with E-state index in [1.807, 2.05) is 0 Å². The molecule has 0 saturated carbocycles. The van der Waals surface area contributed by atoms with Crippen LogP contribution in [0, 0.1) is 0 Å². The Hall–Kier alpha value is -5.81. The van der Waals surface area contributed by atoms with Crippen molar-refractivity contribution in [1.29, 1.82) is 0 Å². The van der Waals surface area contributed by atoms with Gasteiger partial charge in [-0.25, -0.2) is 28.8 Å². The van der Waals surface area contributed by atoms with Gasteiger partial charge in [-0.05, 0) is 109 Å². The van der Waals surface area contributed by atoms with Crippen molar-refractivity contribution in [3.05, 3.63) is 58.1 Å². The van der Waals surface area contributed by atoms with Crippen molar-refractivity contribution in [2.75, 3.05) is 4.90 Å². The van der Waals surface area contributed by atoms with Crippen LogP contribution in [-0.4, -0.2) is 84.7 Å². The van der Waals surface area contributed by atoms with Gasteiger partial charge in [0.15, 0.2) is 11.7 Å². The van der Waals surface area contributed by atoms with Crippen LogP contribution >= 0.6 is 0 Å². The van der Waals surface area contributed by atoms with E-state index in [1.165, 1.54) is 104 Å². The number of amidine groups is 1. The van der Waals surface area contributed by atoms with E-state index < -0.39 is 93.9 Å². The van der Waals surface area contributed by atoms with Gasteiger partial charge in [0.1, 0.15) is 41.2 Å². The number of imide groups is 2. The highest BCUT2D eigenvalue weighted by molar-refractivity contribution is 6.22. The topological polar surface area (TPSA) is 212 Å². The minimum absolute atomic E-state index is 0.172. The van der Waals surface area contributed by atoms with Crippen LogP contribution in [0.5, 0.6) is 0 Å². The number of aromatic nitrogens is 2. The number of hydrogen-bond acceptors (Lipinski definition) is 14. The normalized spacial score (nSPS) is 12.5. The summed E-state index contributed by atoms with van der Waals surface area (Å²) in [7, 11) is 0. The van der Waals surface area contributed by atoms with E-state index in [0.29, 0.717) is 10.1 Å². The molecular weight excluding hydrogens is 746 g/mol. The van der Waals surface area contributed by atoms with Gasteiger partial charge in [0.2, 0.25) is 0 Å². The van der Waals surface area contributed by atoms with Crippen LogP contribution in [0.2, 0.25) is 0 Å². The zero-order valence-corrected chi connectivity index (χ0v) is 35.4. The molecular formula is C39H55N5O13. The van der Waals surface area contributed by atoms with Crippen molar-refractivity contribution in [3.63, 3.8) is 0 Å². The van der Waals surface area contributed by atoms with E-state index in [0.717, 1.165) is 6.20 Å². The Kier molecular flexibility index (Phi) is 14.9. The SMILES string of the molecule is CC(C)(C)OC(=O)/N=C(/c1cn(CC(=O)OCc2ccccc2)c(=O)nc1N(C(=O)OC(C)(C)C)C(=O)OC(C)(C)C)N(C(=O)OC(C)(C)C)C(=O)OC(C)(C)C. The average molecular weight is 802 g/mol. The van der Waals surface area contributed by atoms with E-state index in [1.54, 1.807) is 30.3 Å². The lowest BCUT2D eigenvalue weighted by atomic mass is 10.2. The number of aliphatic imine (C=N–C) groups is 1. The smallest absolute Gasteiger partial charge is 0.436 e. The number of rotatable bonds is 6. The van der Waals surface area contributed by atoms with Crippen LogP contribution in [0.3, 0.4) is 0 Å². The largest absolute Gasteiger partial charge is 0.459 e. The summed E-state index contributed by atoms with van der Waals surface area (Å²) >= 11 is 0. The molecule has 0 fully saturated rings. The molecule has 1 aromatic carbocycles. The molecule has 0 aliphatic rings. The molecule has 57 heavy (non-hydrogen) atoms. The van der Waals surface area contributed by atoms with E-state index in [4.69, 9.17) is 28.4 Å². The molecule has 0 unspecified atom stereocenters. The lowest BCUT2D eigenvalue weighted by Gasteiger charge is -2.31. The summed E-state index contributed by atoms with van der Waals surface area (Å²) in [5.74, 6) is -2.88. The van der Waals surface area contributed by atoms with Crippen molar-refractivity contribution in [1.82, 2.24) is 14.5 Å². The Labute approximate surface area is 332 Å². The van der Waals surface area contributed by atoms with Crippen LogP contribution in [0.15, 0.2) is 46.3 Å². The number of amides is 5. The first kappa shape index (κ1) is 47.3. The van der Waals surface area contributed by atoms with Gasteiger partial charge in [-0.3, -0.25) is 9.36 Å². The van der Waals surface area contributed by atoms with Crippen LogP contribution < -0.4 is 10.6 Å². The lowest BCUT2D eigenvalue weighted by Crippen LogP contribution is -2.50. The predicted octanol–water partition coefficient (Wildman–Crippen LogP) is 7.52. The second-order valence-electron chi connectivity index (χ2n) is 17.5. The molecule has 1 heterocycles. The van der Waals surface area contributed by atoms with Gasteiger partial charge < -0.3 is 28.4 Å². The third kappa shape index (κ3) is 16.4. The first-order valence-electron chi connectivity index (χ1n) is 17.9. The highest BCUT2D eigenvalue weighted by atomic mass is 16.6. The summed E-state index contributed by atoms with van der Waals surface area (Å²) in [5.41, 5.74) is -7.54. The molecule has 18 heteroatoms. The molecule has 1 aromatic heterocycles. The standard InChI is InChI=1S/C39H55N5O13/c1-35(2,3)53-30(47)41-28(44(33(50)56-38(10,11)12)34(51)57-39(13,14)15)25-21-42(22-26(45)52-23-24-19-17-16-18-20-24)29(46)40-27(25)43(31(48)54-36(4,5)6)32(49)55-37(7,8)9/h16-21H,22-23H2,1-15H3/b41-28-. The fraction of sp³-hybridized carbons (Fsp3) is 0.564. The maximum atomic E-state index is 14.1. The molecule has 2 rings (SSSR count). The van der Waals surface area contributed by atoms with Crippen molar-refractivity contribution >= 4 is 48.1 Å². The van der Waals surface area contributed by atoms with Gasteiger partial charge in [0.25, 0.3) is 0 Å². The molecule has 0 aliphatic heterocycles. The predicted molar refractivity (Wildman–Crippen MR) is 207 cm³/mol. The number of esters is 1. The van der Waals surface area contributed by atoms with Crippen LogP contribution in [0.25, 0.3) is 0 Å². The zero-order valence-electron chi connectivity index (χ0n) is 35.4. The Morgan fingerprint density at radius 3 is 1.47 bits per heavy atom. The van der Waals surface area contributed by atoms with Gasteiger partial charge in [0.05, 0.1) is 5.56 Å². The molecule has 0 aliphatic carbocycles. The van der Waals surface area contributed by atoms with E-state index in [2.05, 4.69) is 9.98 Å². The molecule has 0 bridgehead atoms. The van der Waals surface area contributed by atoms with E-state index in [9.17, 15) is 33.6 Å². The summed E-state index contributed by atoms with van der Waals surface area (Å²) in [5, 5.41) is 0. The van der Waals surface area contributed by atoms with Crippen molar-refractivity contribution < 1.29 is 57.2 Å². The number of anilines is 1. The summed E-state index contributed by atoms with van der Waals surface area (Å²) in [4.78, 5) is 105. The molecule has 0 radical (unpaired) electrons. The number of ether oxygens (including phenoxy) is 6. The maximum absolute atomic E-state index is 14.1. The molecule has 18 nitrogen and oxygen atoms in total. The van der Waals surface area contributed by atoms with Crippen molar-refractivity contribution in [2.24, 2.45) is 4.99 Å². The fourth-order valence-electron chi connectivity index (χ4n) is 4.18. The third-order valence-electron chi connectivity index (χ3n) is 6.07. The van der Waals surface area contributed by atoms with Gasteiger partial charge in [-0.1, -0.05) is 30.3 Å². The summed E-state index contributed by atoms with van der Waals surface area (Å²) in [6.07, 6.45) is -6.31. The zero-order chi connectivity index (χ0) is 43.9. The second-order valence-corrected chi connectivity index (χ2v) is 17.5. The van der Waals surface area contributed by atoms with Crippen molar-refractivity contribution in [2.45, 2.75) is 145 Å². The highest BCUT2D eigenvalue weighted by Gasteiger charge is 2.42. The average Bonchev–Trinajstić information content (AvgIpc) is 2.97. The first-order chi connectivity index (χ1) is 25.7. The minimum atomic E-state index is -1.45. The Balaban J connectivity index is 3.18. The van der Waals surface area contributed by atoms with Gasteiger partial charge in [-0.15, -0.1) is 0 Å². The molecule has 0 spiro atoms. The second kappa shape index (κ2) is 18.0. The molecule has 5 amide bonds. The third-order valence-corrected chi connectivity index (χ3v) is 6.07. The number of nitrogens with zero attached hydrogens (tertiary/aromatic N) is 5.